The predicted octanol–water partition coefficient (Wildman–Crippen LogP) is 7.65. The molecular weight excluding hydrogens is 268 g/mol. The average Bonchev–Trinajstić information content (AvgIpc) is 2.52. The molecule has 0 fully saturated rings. The highest BCUT2D eigenvalue weighted by Crippen LogP contribution is 2.15. The molecule has 0 radical (unpaired) electrons. The van der Waals surface area contributed by atoms with Gasteiger partial charge in [-0.3, -0.25) is 0 Å². The van der Waals surface area contributed by atoms with E-state index in [0.29, 0.717) is 12.0 Å². The van der Waals surface area contributed by atoms with Crippen LogP contribution < -0.4 is 0 Å². The first-order chi connectivity index (χ1) is 10.7. The third kappa shape index (κ3) is 14.5. The highest BCUT2D eigenvalue weighted by atomic mass is 16.5. The standard InChI is InChI=1S/C21H42O/c1-5-8-10-11-12-13-15-16-20(4)18-19-22-21(7-3)17-14-9-6-2/h18-21H,5-17H2,1-4H3. The van der Waals surface area contributed by atoms with E-state index < -0.39 is 0 Å². The summed E-state index contributed by atoms with van der Waals surface area (Å²) >= 11 is 0. The summed E-state index contributed by atoms with van der Waals surface area (Å²) in [4.78, 5) is 0. The van der Waals surface area contributed by atoms with Crippen molar-refractivity contribution < 1.29 is 4.74 Å². The second-order valence-electron chi connectivity index (χ2n) is 6.88. The SMILES string of the molecule is CCCCCCCCCC(C)C=COC(CC)CCCCC. The number of hydrogen-bond acceptors (Lipinski definition) is 1. The van der Waals surface area contributed by atoms with E-state index in [2.05, 4.69) is 33.8 Å². The van der Waals surface area contributed by atoms with Gasteiger partial charge in [-0.25, -0.2) is 0 Å². The smallest absolute Gasteiger partial charge is 0.0975 e. The molecule has 0 aliphatic carbocycles. The molecule has 2 atom stereocenters. The van der Waals surface area contributed by atoms with Gasteiger partial charge in [0.2, 0.25) is 0 Å². The van der Waals surface area contributed by atoms with Gasteiger partial charge in [-0.05, 0) is 37.7 Å². The number of ether oxygens (including phenoxy) is 1. The first-order valence-electron chi connectivity index (χ1n) is 10.1. The van der Waals surface area contributed by atoms with E-state index in [0.717, 1.165) is 6.42 Å². The molecular formula is C21H42O. The third-order valence-electron chi connectivity index (χ3n) is 4.53. The van der Waals surface area contributed by atoms with Gasteiger partial charge >= 0.3 is 0 Å². The van der Waals surface area contributed by atoms with E-state index in [4.69, 9.17) is 4.74 Å². The average molecular weight is 311 g/mol. The molecule has 0 spiro atoms. The Morgan fingerprint density at radius 3 is 1.91 bits per heavy atom. The van der Waals surface area contributed by atoms with Crippen LogP contribution in [0.25, 0.3) is 0 Å². The Balaban J connectivity index is 3.57. The molecule has 0 saturated heterocycles. The number of unbranched alkanes of at least 4 members (excludes halogenated alkanes) is 8. The third-order valence-corrected chi connectivity index (χ3v) is 4.53. The van der Waals surface area contributed by atoms with Crippen LogP contribution in [-0.2, 0) is 4.74 Å². The first-order valence-corrected chi connectivity index (χ1v) is 10.1. The molecule has 0 aliphatic heterocycles. The number of rotatable bonds is 16. The van der Waals surface area contributed by atoms with E-state index in [9.17, 15) is 0 Å². The Kier molecular flexibility index (Phi) is 16.5. The van der Waals surface area contributed by atoms with Crippen LogP contribution in [0.4, 0.5) is 0 Å². The predicted molar refractivity (Wildman–Crippen MR) is 100 cm³/mol. The summed E-state index contributed by atoms with van der Waals surface area (Å²) in [5.74, 6) is 0.656. The molecule has 0 heterocycles. The monoisotopic (exact) mass is 310 g/mol. The highest BCUT2D eigenvalue weighted by Gasteiger charge is 2.04. The van der Waals surface area contributed by atoms with Crippen LogP contribution in [0.1, 0.15) is 111 Å². The van der Waals surface area contributed by atoms with Crippen molar-refractivity contribution >= 4 is 0 Å². The van der Waals surface area contributed by atoms with Crippen LogP contribution in [0, 0.1) is 5.92 Å². The Bertz CT molecular complexity index is 234. The molecule has 0 N–H and O–H groups in total. The zero-order chi connectivity index (χ0) is 16.5. The molecule has 1 nitrogen and oxygen atoms in total. The summed E-state index contributed by atoms with van der Waals surface area (Å²) in [6, 6.07) is 0. The Hall–Kier alpha value is -0.460. The fourth-order valence-electron chi connectivity index (χ4n) is 2.80. The number of allylic oxidation sites excluding steroid dienone is 1. The maximum atomic E-state index is 5.90. The van der Waals surface area contributed by atoms with Gasteiger partial charge in [-0.2, -0.15) is 0 Å². The van der Waals surface area contributed by atoms with Crippen molar-refractivity contribution in [3.05, 3.63) is 12.3 Å². The Labute approximate surface area is 140 Å². The van der Waals surface area contributed by atoms with E-state index in [1.165, 1.54) is 77.0 Å². The van der Waals surface area contributed by atoms with Crippen molar-refractivity contribution in [2.45, 2.75) is 117 Å². The lowest BCUT2D eigenvalue weighted by molar-refractivity contribution is 0.127. The van der Waals surface area contributed by atoms with Gasteiger partial charge in [0.25, 0.3) is 0 Å². The van der Waals surface area contributed by atoms with Crippen molar-refractivity contribution in [1.29, 1.82) is 0 Å². The van der Waals surface area contributed by atoms with Gasteiger partial charge in [0, 0.05) is 0 Å². The molecule has 0 aromatic rings. The second kappa shape index (κ2) is 16.9. The van der Waals surface area contributed by atoms with Crippen molar-refractivity contribution in [1.82, 2.24) is 0 Å². The summed E-state index contributed by atoms with van der Waals surface area (Å²) in [6.07, 6.45) is 22.0. The van der Waals surface area contributed by atoms with Gasteiger partial charge in [0.1, 0.15) is 0 Å². The molecule has 1 heteroatoms. The van der Waals surface area contributed by atoms with E-state index >= 15 is 0 Å². The van der Waals surface area contributed by atoms with Crippen molar-refractivity contribution in [2.75, 3.05) is 0 Å². The van der Waals surface area contributed by atoms with Crippen molar-refractivity contribution in [2.24, 2.45) is 5.92 Å². The van der Waals surface area contributed by atoms with Crippen LogP contribution in [-0.4, -0.2) is 6.10 Å². The van der Waals surface area contributed by atoms with E-state index in [1.54, 1.807) is 0 Å². The summed E-state index contributed by atoms with van der Waals surface area (Å²) in [5, 5.41) is 0. The molecule has 132 valence electrons. The maximum absolute atomic E-state index is 5.90. The molecule has 0 bridgehead atoms. The Morgan fingerprint density at radius 2 is 1.27 bits per heavy atom. The van der Waals surface area contributed by atoms with Gasteiger partial charge in [-0.1, -0.05) is 85.5 Å². The topological polar surface area (TPSA) is 9.23 Å². The van der Waals surface area contributed by atoms with Crippen LogP contribution >= 0.6 is 0 Å². The largest absolute Gasteiger partial charge is 0.498 e. The second-order valence-corrected chi connectivity index (χ2v) is 6.88. The van der Waals surface area contributed by atoms with Gasteiger partial charge in [0.15, 0.2) is 0 Å². The molecule has 0 amide bonds. The van der Waals surface area contributed by atoms with Gasteiger partial charge < -0.3 is 4.74 Å². The molecule has 0 aromatic heterocycles. The molecule has 2 unspecified atom stereocenters. The minimum atomic E-state index is 0.425. The van der Waals surface area contributed by atoms with Gasteiger partial charge in [-0.15, -0.1) is 0 Å². The fraction of sp³-hybridized carbons (Fsp3) is 0.905. The molecule has 0 saturated carbocycles. The van der Waals surface area contributed by atoms with Crippen LogP contribution in [0.3, 0.4) is 0 Å². The normalized spacial score (nSPS) is 14.4. The summed E-state index contributed by atoms with van der Waals surface area (Å²) in [5.41, 5.74) is 0. The highest BCUT2D eigenvalue weighted by molar-refractivity contribution is 4.81. The lowest BCUT2D eigenvalue weighted by Gasteiger charge is -2.15. The lowest BCUT2D eigenvalue weighted by atomic mass is 10.0. The maximum Gasteiger partial charge on any atom is 0.0975 e. The molecule has 22 heavy (non-hydrogen) atoms. The lowest BCUT2D eigenvalue weighted by Crippen LogP contribution is -2.08. The molecule has 0 aliphatic rings. The zero-order valence-corrected chi connectivity index (χ0v) is 15.9. The van der Waals surface area contributed by atoms with E-state index in [-0.39, 0.29) is 0 Å². The van der Waals surface area contributed by atoms with Crippen molar-refractivity contribution in [3.8, 4) is 0 Å². The zero-order valence-electron chi connectivity index (χ0n) is 15.9. The van der Waals surface area contributed by atoms with Crippen LogP contribution in [0.5, 0.6) is 0 Å². The van der Waals surface area contributed by atoms with Crippen LogP contribution in [0.2, 0.25) is 0 Å². The quantitative estimate of drug-likeness (QED) is 0.210. The fourth-order valence-corrected chi connectivity index (χ4v) is 2.80. The molecule has 0 rings (SSSR count). The minimum absolute atomic E-state index is 0.425. The van der Waals surface area contributed by atoms with E-state index in [1.807, 2.05) is 6.26 Å². The van der Waals surface area contributed by atoms with Crippen LogP contribution in [0.15, 0.2) is 12.3 Å². The minimum Gasteiger partial charge on any atom is -0.498 e. The Morgan fingerprint density at radius 1 is 0.727 bits per heavy atom. The summed E-state index contributed by atoms with van der Waals surface area (Å²) < 4.78 is 5.90. The van der Waals surface area contributed by atoms with Crippen molar-refractivity contribution in [3.63, 3.8) is 0 Å². The summed E-state index contributed by atoms with van der Waals surface area (Å²) in [7, 11) is 0. The first kappa shape index (κ1) is 21.5. The number of hydrogen-bond donors (Lipinski definition) is 0. The van der Waals surface area contributed by atoms with Gasteiger partial charge in [0.05, 0.1) is 12.4 Å². The molecule has 0 aromatic carbocycles. The summed E-state index contributed by atoms with van der Waals surface area (Å²) in [6.45, 7) is 9.08.